The third-order valence-electron chi connectivity index (χ3n) is 3.83. The lowest BCUT2D eigenvalue weighted by atomic mass is 9.87. The van der Waals surface area contributed by atoms with E-state index in [1.54, 1.807) is 7.11 Å². The van der Waals surface area contributed by atoms with Crippen molar-refractivity contribution in [2.45, 2.75) is 47.1 Å². The van der Waals surface area contributed by atoms with Crippen molar-refractivity contribution in [3.05, 3.63) is 29.3 Å². The third kappa shape index (κ3) is 2.67. The smallest absolute Gasteiger partial charge is 0.311 e. The van der Waals surface area contributed by atoms with Crippen LogP contribution in [-0.4, -0.2) is 13.1 Å². The number of hydrogen-bond acceptors (Lipinski definition) is 3. The first-order chi connectivity index (χ1) is 9.15. The number of methoxy groups -OCH3 is 1. The molecule has 1 atom stereocenters. The molecule has 1 aliphatic carbocycles. The van der Waals surface area contributed by atoms with Crippen LogP contribution in [0.3, 0.4) is 0 Å². The van der Waals surface area contributed by atoms with Gasteiger partial charge in [-0.25, -0.2) is 0 Å². The summed E-state index contributed by atoms with van der Waals surface area (Å²) in [6.07, 6.45) is 0.705. The number of esters is 1. The summed E-state index contributed by atoms with van der Waals surface area (Å²) in [5, 5.41) is 0. The van der Waals surface area contributed by atoms with Gasteiger partial charge in [0.25, 0.3) is 0 Å². The number of fused-ring (bicyclic) bond motifs is 1. The Labute approximate surface area is 121 Å². The van der Waals surface area contributed by atoms with E-state index >= 15 is 0 Å². The van der Waals surface area contributed by atoms with E-state index in [4.69, 9.17) is 9.47 Å². The normalized spacial score (nSPS) is 20.4. The largest absolute Gasteiger partial charge is 0.497 e. The molecule has 1 unspecified atom stereocenters. The highest BCUT2D eigenvalue weighted by Crippen LogP contribution is 2.48. The van der Waals surface area contributed by atoms with Gasteiger partial charge in [0.1, 0.15) is 11.9 Å². The highest BCUT2D eigenvalue weighted by molar-refractivity contribution is 5.76. The summed E-state index contributed by atoms with van der Waals surface area (Å²) in [7, 11) is 1.67. The van der Waals surface area contributed by atoms with Gasteiger partial charge in [0.05, 0.1) is 12.5 Å². The number of benzene rings is 1. The summed E-state index contributed by atoms with van der Waals surface area (Å²) >= 11 is 0. The molecular formula is C17H24O3. The molecule has 1 aromatic rings. The molecule has 0 aliphatic heterocycles. The molecule has 0 fully saturated rings. The maximum Gasteiger partial charge on any atom is 0.311 e. The molecule has 2 rings (SSSR count). The van der Waals surface area contributed by atoms with Crippen LogP contribution in [-0.2, 0) is 16.0 Å². The van der Waals surface area contributed by atoms with Crippen molar-refractivity contribution in [1.82, 2.24) is 0 Å². The first-order valence-corrected chi connectivity index (χ1v) is 7.03. The van der Waals surface area contributed by atoms with Crippen LogP contribution < -0.4 is 4.74 Å². The number of hydrogen-bond donors (Lipinski definition) is 0. The number of carbonyl (C=O) groups excluding carboxylic acids is 1. The van der Waals surface area contributed by atoms with Crippen molar-refractivity contribution >= 4 is 5.97 Å². The fraction of sp³-hybridized carbons (Fsp3) is 0.588. The van der Waals surface area contributed by atoms with E-state index in [0.717, 1.165) is 17.7 Å². The maximum atomic E-state index is 12.2. The molecule has 1 aliphatic rings. The van der Waals surface area contributed by atoms with E-state index < -0.39 is 5.41 Å². The van der Waals surface area contributed by atoms with Crippen LogP contribution in [0.25, 0.3) is 0 Å². The second-order valence-corrected chi connectivity index (χ2v) is 7.27. The Balaban J connectivity index is 2.32. The van der Waals surface area contributed by atoms with Crippen LogP contribution in [0.4, 0.5) is 0 Å². The number of ether oxygens (including phenoxy) is 2. The molecule has 0 bridgehead atoms. The van der Waals surface area contributed by atoms with E-state index in [1.807, 2.05) is 39.0 Å². The van der Waals surface area contributed by atoms with Gasteiger partial charge in [-0.2, -0.15) is 0 Å². The first-order valence-electron chi connectivity index (χ1n) is 7.03. The monoisotopic (exact) mass is 276 g/mol. The molecule has 20 heavy (non-hydrogen) atoms. The minimum Gasteiger partial charge on any atom is -0.497 e. The topological polar surface area (TPSA) is 35.5 Å². The summed E-state index contributed by atoms with van der Waals surface area (Å²) < 4.78 is 11.1. The minimum atomic E-state index is -0.481. The molecule has 0 radical (unpaired) electrons. The number of rotatable bonds is 2. The first kappa shape index (κ1) is 14.9. The van der Waals surface area contributed by atoms with Crippen molar-refractivity contribution in [2.75, 3.05) is 7.11 Å². The van der Waals surface area contributed by atoms with Crippen LogP contribution in [0.1, 0.15) is 51.8 Å². The maximum absolute atomic E-state index is 12.2. The van der Waals surface area contributed by atoms with Crippen molar-refractivity contribution in [1.29, 1.82) is 0 Å². The van der Waals surface area contributed by atoms with Crippen LogP contribution in [0.15, 0.2) is 18.2 Å². The van der Waals surface area contributed by atoms with Gasteiger partial charge in [-0.05, 0) is 50.5 Å². The lowest BCUT2D eigenvalue weighted by Crippen LogP contribution is -2.29. The predicted molar refractivity (Wildman–Crippen MR) is 78.8 cm³/mol. The number of carbonyl (C=O) groups is 1. The molecular weight excluding hydrogens is 252 g/mol. The molecule has 1 aromatic carbocycles. The van der Waals surface area contributed by atoms with Gasteiger partial charge in [0, 0.05) is 5.41 Å². The van der Waals surface area contributed by atoms with E-state index in [0.29, 0.717) is 0 Å². The molecule has 0 N–H and O–H groups in total. The molecule has 0 amide bonds. The molecule has 110 valence electrons. The van der Waals surface area contributed by atoms with Gasteiger partial charge in [-0.3, -0.25) is 4.79 Å². The fourth-order valence-electron chi connectivity index (χ4n) is 2.63. The van der Waals surface area contributed by atoms with Crippen molar-refractivity contribution < 1.29 is 14.3 Å². The summed E-state index contributed by atoms with van der Waals surface area (Å²) in [6, 6.07) is 5.99. The standard InChI is InChI=1S/C17H24O3/c1-16(2,3)15(18)20-14-13-8-7-12(19-6)9-11(13)10-17(14,4)5/h7-9,14H,10H2,1-6H3. The average Bonchev–Trinajstić information content (AvgIpc) is 2.58. The van der Waals surface area contributed by atoms with Gasteiger partial charge in [0.15, 0.2) is 0 Å². The van der Waals surface area contributed by atoms with Gasteiger partial charge in [-0.15, -0.1) is 0 Å². The highest BCUT2D eigenvalue weighted by atomic mass is 16.5. The van der Waals surface area contributed by atoms with Crippen LogP contribution in [0.5, 0.6) is 5.75 Å². The minimum absolute atomic E-state index is 0.0877. The average molecular weight is 276 g/mol. The van der Waals surface area contributed by atoms with E-state index in [2.05, 4.69) is 13.8 Å². The molecule has 3 nitrogen and oxygen atoms in total. The van der Waals surface area contributed by atoms with E-state index in [1.165, 1.54) is 5.56 Å². The van der Waals surface area contributed by atoms with Crippen molar-refractivity contribution in [3.8, 4) is 5.75 Å². The third-order valence-corrected chi connectivity index (χ3v) is 3.83. The Kier molecular flexibility index (Phi) is 3.57. The second-order valence-electron chi connectivity index (χ2n) is 7.27. The quantitative estimate of drug-likeness (QED) is 0.768. The van der Waals surface area contributed by atoms with Crippen molar-refractivity contribution in [2.24, 2.45) is 10.8 Å². The SMILES string of the molecule is COc1ccc2c(c1)CC(C)(C)C2OC(=O)C(C)(C)C. The summed E-state index contributed by atoms with van der Waals surface area (Å²) in [5.41, 5.74) is 1.75. The molecule has 0 spiro atoms. The predicted octanol–water partition coefficient (Wildman–Crippen LogP) is 3.91. The van der Waals surface area contributed by atoms with Gasteiger partial charge in [0.2, 0.25) is 0 Å². The van der Waals surface area contributed by atoms with E-state index in [9.17, 15) is 4.79 Å². The molecule has 0 aromatic heterocycles. The Morgan fingerprint density at radius 1 is 1.30 bits per heavy atom. The summed E-state index contributed by atoms with van der Waals surface area (Å²) in [5.74, 6) is 0.696. The molecule has 0 saturated carbocycles. The Bertz CT molecular complexity index is 524. The Hall–Kier alpha value is -1.51. The van der Waals surface area contributed by atoms with Crippen LogP contribution in [0.2, 0.25) is 0 Å². The van der Waals surface area contributed by atoms with Crippen LogP contribution >= 0.6 is 0 Å². The van der Waals surface area contributed by atoms with Gasteiger partial charge >= 0.3 is 5.97 Å². The fourth-order valence-corrected chi connectivity index (χ4v) is 2.63. The zero-order valence-corrected chi connectivity index (χ0v) is 13.2. The van der Waals surface area contributed by atoms with Crippen LogP contribution in [0, 0.1) is 10.8 Å². The Morgan fingerprint density at radius 3 is 2.50 bits per heavy atom. The lowest BCUT2D eigenvalue weighted by molar-refractivity contribution is -0.164. The second kappa shape index (κ2) is 4.80. The molecule has 3 heteroatoms. The lowest BCUT2D eigenvalue weighted by Gasteiger charge is -2.30. The van der Waals surface area contributed by atoms with E-state index in [-0.39, 0.29) is 17.5 Å². The zero-order valence-electron chi connectivity index (χ0n) is 13.2. The summed E-state index contributed by atoms with van der Waals surface area (Å²) in [4.78, 5) is 12.2. The van der Waals surface area contributed by atoms with Gasteiger partial charge < -0.3 is 9.47 Å². The highest BCUT2D eigenvalue weighted by Gasteiger charge is 2.43. The van der Waals surface area contributed by atoms with Gasteiger partial charge in [-0.1, -0.05) is 19.9 Å². The Morgan fingerprint density at radius 2 is 1.95 bits per heavy atom. The molecule has 0 saturated heterocycles. The zero-order chi connectivity index (χ0) is 15.1. The molecule has 0 heterocycles. The van der Waals surface area contributed by atoms with Crippen molar-refractivity contribution in [3.63, 3.8) is 0 Å². The summed E-state index contributed by atoms with van der Waals surface area (Å²) in [6.45, 7) is 9.92.